The van der Waals surface area contributed by atoms with Crippen molar-refractivity contribution in [1.82, 2.24) is 15.2 Å². The molecular formula is C28H43N3. The smallest absolute Gasteiger partial charge is 0.0945 e. The lowest BCUT2D eigenvalue weighted by molar-refractivity contribution is 0.552. The minimum atomic E-state index is 0.926. The molecule has 0 N–H and O–H groups in total. The zero-order valence-corrected chi connectivity index (χ0v) is 19.8. The summed E-state index contributed by atoms with van der Waals surface area (Å²) in [6.07, 6.45) is 24.8. The normalized spacial score (nSPS) is 13.6. The molecule has 170 valence electrons. The van der Waals surface area contributed by atoms with Gasteiger partial charge < -0.3 is 0 Å². The Morgan fingerprint density at radius 3 is 1.94 bits per heavy atom. The molecule has 2 aromatic heterocycles. The van der Waals surface area contributed by atoms with Gasteiger partial charge in [-0.1, -0.05) is 90.4 Å². The maximum absolute atomic E-state index is 4.67. The van der Waals surface area contributed by atoms with Crippen LogP contribution in [-0.2, 0) is 12.8 Å². The third-order valence-electron chi connectivity index (χ3n) is 6.62. The number of hydrogen-bond acceptors (Lipinski definition) is 3. The van der Waals surface area contributed by atoms with E-state index in [1.807, 2.05) is 6.20 Å². The molecular weight excluding hydrogens is 378 g/mol. The Kier molecular flexibility index (Phi) is 11.0. The summed E-state index contributed by atoms with van der Waals surface area (Å²) in [4.78, 5) is 4.67. The van der Waals surface area contributed by atoms with Crippen LogP contribution in [0, 0.1) is 5.92 Å². The number of rotatable bonds is 17. The third-order valence-corrected chi connectivity index (χ3v) is 6.62. The second kappa shape index (κ2) is 14.3. The summed E-state index contributed by atoms with van der Waals surface area (Å²) in [6.45, 7) is 2.25. The van der Waals surface area contributed by atoms with E-state index >= 15 is 0 Å². The van der Waals surface area contributed by atoms with Gasteiger partial charge in [0.15, 0.2) is 0 Å². The van der Waals surface area contributed by atoms with Crippen LogP contribution in [0.5, 0.6) is 0 Å². The summed E-state index contributed by atoms with van der Waals surface area (Å²) in [6, 6.07) is 8.53. The fraction of sp³-hybridized carbons (Fsp3) is 0.679. The molecule has 0 radical (unpaired) electrons. The van der Waals surface area contributed by atoms with E-state index in [1.165, 1.54) is 102 Å². The first kappa shape index (κ1) is 23.9. The van der Waals surface area contributed by atoms with Crippen molar-refractivity contribution in [1.29, 1.82) is 0 Å². The molecule has 0 amide bonds. The van der Waals surface area contributed by atoms with E-state index < -0.39 is 0 Å². The summed E-state index contributed by atoms with van der Waals surface area (Å²) >= 11 is 0. The minimum absolute atomic E-state index is 0.926. The maximum atomic E-state index is 4.67. The first-order valence-electron chi connectivity index (χ1n) is 13.1. The predicted molar refractivity (Wildman–Crippen MR) is 131 cm³/mol. The van der Waals surface area contributed by atoms with Gasteiger partial charge in [-0.2, -0.15) is 10.2 Å². The van der Waals surface area contributed by atoms with E-state index in [0.29, 0.717) is 0 Å². The predicted octanol–water partition coefficient (Wildman–Crippen LogP) is 8.12. The average molecular weight is 422 g/mol. The van der Waals surface area contributed by atoms with Crippen molar-refractivity contribution in [3.63, 3.8) is 0 Å². The van der Waals surface area contributed by atoms with E-state index in [2.05, 4.69) is 46.4 Å². The molecule has 0 aromatic carbocycles. The molecule has 0 saturated heterocycles. The number of nitrogens with zero attached hydrogens (tertiary/aromatic N) is 3. The Balaban J connectivity index is 1.27. The molecule has 1 saturated carbocycles. The Bertz CT molecular complexity index is 704. The fourth-order valence-electron chi connectivity index (χ4n) is 4.31. The van der Waals surface area contributed by atoms with E-state index in [1.54, 1.807) is 0 Å². The maximum Gasteiger partial charge on any atom is 0.0945 e. The van der Waals surface area contributed by atoms with Gasteiger partial charge in [0.05, 0.1) is 11.4 Å². The Morgan fingerprint density at radius 1 is 0.677 bits per heavy atom. The number of aromatic nitrogens is 3. The number of unbranched alkanes of at least 4 members (excludes halogenated alkanes) is 10. The van der Waals surface area contributed by atoms with Crippen molar-refractivity contribution in [2.45, 2.75) is 116 Å². The first-order chi connectivity index (χ1) is 15.3. The van der Waals surface area contributed by atoms with Gasteiger partial charge >= 0.3 is 0 Å². The quantitative estimate of drug-likeness (QED) is 0.242. The molecule has 31 heavy (non-hydrogen) atoms. The standard InChI is InChI=1S/C28H43N3/c1-2-3-4-8-13-16-27-21-22-28(31-30-27)25-19-20-26(29-23-25)15-12-10-7-5-6-9-11-14-24-17-18-24/h19-24H,2-18H2,1H3. The van der Waals surface area contributed by atoms with E-state index in [4.69, 9.17) is 0 Å². The van der Waals surface area contributed by atoms with Gasteiger partial charge in [-0.3, -0.25) is 4.98 Å². The second-order valence-corrected chi connectivity index (χ2v) is 9.57. The van der Waals surface area contributed by atoms with Crippen molar-refractivity contribution < 1.29 is 0 Å². The molecule has 2 heterocycles. The van der Waals surface area contributed by atoms with Crippen molar-refractivity contribution in [3.05, 3.63) is 41.9 Å². The molecule has 0 atom stereocenters. The van der Waals surface area contributed by atoms with Crippen molar-refractivity contribution in [2.75, 3.05) is 0 Å². The number of aryl methyl sites for hydroxylation is 2. The summed E-state index contributed by atoms with van der Waals surface area (Å²) in [7, 11) is 0. The van der Waals surface area contributed by atoms with Gasteiger partial charge in [-0.25, -0.2) is 0 Å². The van der Waals surface area contributed by atoms with Crippen molar-refractivity contribution in [3.8, 4) is 11.3 Å². The molecule has 3 nitrogen and oxygen atoms in total. The highest BCUT2D eigenvalue weighted by Crippen LogP contribution is 2.34. The van der Waals surface area contributed by atoms with Crippen molar-refractivity contribution >= 4 is 0 Å². The lowest BCUT2D eigenvalue weighted by Crippen LogP contribution is -1.96. The second-order valence-electron chi connectivity index (χ2n) is 9.57. The van der Waals surface area contributed by atoms with Crippen LogP contribution in [0.25, 0.3) is 11.3 Å². The molecule has 1 aliphatic rings. The average Bonchev–Trinajstić information content (AvgIpc) is 3.63. The van der Waals surface area contributed by atoms with Gasteiger partial charge in [0.2, 0.25) is 0 Å². The molecule has 0 spiro atoms. The fourth-order valence-corrected chi connectivity index (χ4v) is 4.31. The number of hydrogen-bond donors (Lipinski definition) is 0. The summed E-state index contributed by atoms with van der Waals surface area (Å²) < 4.78 is 0. The monoisotopic (exact) mass is 421 g/mol. The summed E-state index contributed by atoms with van der Waals surface area (Å²) in [5, 5.41) is 8.86. The first-order valence-corrected chi connectivity index (χ1v) is 13.1. The SMILES string of the molecule is CCCCCCCc1ccc(-c2ccc(CCCCCCCCCC3CC3)nc2)nn1. The highest BCUT2D eigenvalue weighted by molar-refractivity contribution is 5.57. The van der Waals surface area contributed by atoms with E-state index in [9.17, 15) is 0 Å². The van der Waals surface area contributed by atoms with E-state index in [-0.39, 0.29) is 0 Å². The van der Waals surface area contributed by atoms with Gasteiger partial charge in [0.25, 0.3) is 0 Å². The Morgan fingerprint density at radius 2 is 1.32 bits per heavy atom. The molecule has 1 aliphatic carbocycles. The zero-order chi connectivity index (χ0) is 21.6. The van der Waals surface area contributed by atoms with Gasteiger partial charge in [-0.15, -0.1) is 0 Å². The van der Waals surface area contributed by atoms with Gasteiger partial charge in [-0.05, 0) is 55.9 Å². The lowest BCUT2D eigenvalue weighted by Gasteiger charge is -2.05. The van der Waals surface area contributed by atoms with E-state index in [0.717, 1.165) is 35.7 Å². The molecule has 1 fully saturated rings. The molecule has 0 unspecified atom stereocenters. The minimum Gasteiger partial charge on any atom is -0.261 e. The van der Waals surface area contributed by atoms with Crippen LogP contribution >= 0.6 is 0 Å². The van der Waals surface area contributed by atoms with Crippen LogP contribution in [0.1, 0.15) is 115 Å². The van der Waals surface area contributed by atoms with Crippen LogP contribution in [0.15, 0.2) is 30.5 Å². The highest BCUT2D eigenvalue weighted by Gasteiger charge is 2.19. The topological polar surface area (TPSA) is 38.7 Å². The molecule has 0 aliphatic heterocycles. The summed E-state index contributed by atoms with van der Waals surface area (Å²) in [5.74, 6) is 1.11. The van der Waals surface area contributed by atoms with Crippen LogP contribution in [0.4, 0.5) is 0 Å². The zero-order valence-electron chi connectivity index (χ0n) is 19.8. The molecule has 3 heteroatoms. The van der Waals surface area contributed by atoms with Crippen LogP contribution in [0.2, 0.25) is 0 Å². The third kappa shape index (κ3) is 9.93. The van der Waals surface area contributed by atoms with Crippen molar-refractivity contribution in [2.24, 2.45) is 5.92 Å². The molecule has 3 rings (SSSR count). The van der Waals surface area contributed by atoms with Gasteiger partial charge in [0.1, 0.15) is 0 Å². The van der Waals surface area contributed by atoms with Crippen LogP contribution in [-0.4, -0.2) is 15.2 Å². The Labute approximate surface area is 190 Å². The largest absolute Gasteiger partial charge is 0.261 e. The van der Waals surface area contributed by atoms with Gasteiger partial charge in [0, 0.05) is 17.5 Å². The highest BCUT2D eigenvalue weighted by atomic mass is 15.1. The lowest BCUT2D eigenvalue weighted by atomic mass is 10.0. The summed E-state index contributed by atoms with van der Waals surface area (Å²) in [5.41, 5.74) is 4.30. The molecule has 0 bridgehead atoms. The number of pyridine rings is 1. The Hall–Kier alpha value is -1.77. The van der Waals surface area contributed by atoms with Crippen LogP contribution < -0.4 is 0 Å². The van der Waals surface area contributed by atoms with Crippen LogP contribution in [0.3, 0.4) is 0 Å². The molecule has 2 aromatic rings.